The summed E-state index contributed by atoms with van der Waals surface area (Å²) in [7, 11) is 0. The Labute approximate surface area is 172 Å². The summed E-state index contributed by atoms with van der Waals surface area (Å²) in [6.45, 7) is 2.15. The Bertz CT molecular complexity index is 923. The zero-order valence-corrected chi connectivity index (χ0v) is 16.8. The summed E-state index contributed by atoms with van der Waals surface area (Å²) in [6.07, 6.45) is 3.25. The lowest BCUT2D eigenvalue weighted by molar-refractivity contribution is -0.120. The van der Waals surface area contributed by atoms with Gasteiger partial charge in [-0.1, -0.05) is 60.3 Å². The number of nitrogens with one attached hydrogen (secondary N) is 1. The number of carbonyl (C=O) groups is 2. The van der Waals surface area contributed by atoms with Crippen LogP contribution in [0.2, 0.25) is 10.0 Å². The van der Waals surface area contributed by atoms with Crippen molar-refractivity contribution in [3.05, 3.63) is 68.8 Å². The monoisotopic (exact) mass is 422 g/mol. The number of carbonyl (C=O) groups excluding carboxylic acids is 2. The quantitative estimate of drug-likeness (QED) is 0.600. The third-order valence-corrected chi connectivity index (χ3v) is 5.32. The molecule has 0 unspecified atom stereocenters. The van der Waals surface area contributed by atoms with Crippen molar-refractivity contribution in [2.75, 3.05) is 10.2 Å². The molecule has 2 aromatic carbocycles. The van der Waals surface area contributed by atoms with E-state index in [1.807, 2.05) is 24.3 Å². The fourth-order valence-corrected chi connectivity index (χ4v) is 3.25. The van der Waals surface area contributed by atoms with E-state index in [9.17, 15) is 9.59 Å². The first-order valence-electron chi connectivity index (χ1n) is 8.52. The van der Waals surface area contributed by atoms with Crippen LogP contribution in [0.5, 0.6) is 0 Å². The molecule has 27 heavy (non-hydrogen) atoms. The number of amides is 2. The van der Waals surface area contributed by atoms with E-state index in [4.69, 9.17) is 34.8 Å². The summed E-state index contributed by atoms with van der Waals surface area (Å²) in [5.74, 6) is -1.15. The van der Waals surface area contributed by atoms with Crippen molar-refractivity contribution < 1.29 is 9.59 Å². The van der Waals surface area contributed by atoms with Crippen molar-refractivity contribution in [3.8, 4) is 0 Å². The molecule has 0 saturated carbocycles. The minimum Gasteiger partial charge on any atom is -0.350 e. The van der Waals surface area contributed by atoms with Gasteiger partial charge in [0.05, 0.1) is 15.7 Å². The molecule has 0 atom stereocenters. The van der Waals surface area contributed by atoms with Crippen molar-refractivity contribution >= 4 is 58.0 Å². The second kappa shape index (κ2) is 8.34. The van der Waals surface area contributed by atoms with Gasteiger partial charge in [-0.2, -0.15) is 0 Å². The SMILES string of the molecule is CCCCc1ccc(NC2=C(Cl)C(=O)N(c3ccc(Cl)c(Cl)c3)C2=O)cc1. The van der Waals surface area contributed by atoms with Crippen LogP contribution in [0.15, 0.2) is 53.2 Å². The van der Waals surface area contributed by atoms with Crippen molar-refractivity contribution in [2.45, 2.75) is 26.2 Å². The van der Waals surface area contributed by atoms with Crippen LogP contribution in [-0.2, 0) is 16.0 Å². The number of aryl methyl sites for hydroxylation is 1. The van der Waals surface area contributed by atoms with Gasteiger partial charge >= 0.3 is 0 Å². The van der Waals surface area contributed by atoms with E-state index < -0.39 is 11.8 Å². The van der Waals surface area contributed by atoms with Crippen molar-refractivity contribution in [1.82, 2.24) is 0 Å². The van der Waals surface area contributed by atoms with Gasteiger partial charge in [0.25, 0.3) is 11.8 Å². The van der Waals surface area contributed by atoms with Gasteiger partial charge in [0.15, 0.2) is 0 Å². The number of rotatable bonds is 6. The molecule has 1 aliphatic rings. The molecule has 0 saturated heterocycles. The van der Waals surface area contributed by atoms with Gasteiger partial charge < -0.3 is 5.32 Å². The molecule has 7 heteroatoms. The molecule has 1 heterocycles. The highest BCUT2D eigenvalue weighted by molar-refractivity contribution is 6.53. The van der Waals surface area contributed by atoms with Gasteiger partial charge in [0.2, 0.25) is 0 Å². The lowest BCUT2D eigenvalue weighted by Crippen LogP contribution is -2.32. The Morgan fingerprint density at radius 3 is 2.26 bits per heavy atom. The number of imide groups is 1. The minimum atomic E-state index is -0.609. The average Bonchev–Trinajstić information content (AvgIpc) is 2.87. The molecule has 0 fully saturated rings. The molecule has 0 bridgehead atoms. The predicted octanol–water partition coefficient (Wildman–Crippen LogP) is 5.77. The zero-order chi connectivity index (χ0) is 19.6. The van der Waals surface area contributed by atoms with Gasteiger partial charge in [0, 0.05) is 5.69 Å². The van der Waals surface area contributed by atoms with E-state index in [0.717, 1.165) is 24.2 Å². The van der Waals surface area contributed by atoms with Gasteiger partial charge in [-0.05, 0) is 48.7 Å². The molecular weight excluding hydrogens is 407 g/mol. The van der Waals surface area contributed by atoms with E-state index in [1.165, 1.54) is 17.7 Å². The first-order valence-corrected chi connectivity index (χ1v) is 9.65. The lowest BCUT2D eigenvalue weighted by atomic mass is 10.1. The molecule has 140 valence electrons. The lowest BCUT2D eigenvalue weighted by Gasteiger charge is -2.15. The van der Waals surface area contributed by atoms with Gasteiger partial charge in [-0.3, -0.25) is 9.59 Å². The first-order chi connectivity index (χ1) is 12.9. The molecule has 0 aliphatic carbocycles. The Morgan fingerprint density at radius 2 is 1.63 bits per heavy atom. The molecule has 3 rings (SSSR count). The fourth-order valence-electron chi connectivity index (χ4n) is 2.75. The third kappa shape index (κ3) is 4.13. The van der Waals surface area contributed by atoms with E-state index >= 15 is 0 Å². The smallest absolute Gasteiger partial charge is 0.283 e. The highest BCUT2D eigenvalue weighted by atomic mass is 35.5. The Morgan fingerprint density at radius 1 is 0.926 bits per heavy atom. The van der Waals surface area contributed by atoms with Crippen LogP contribution in [0.4, 0.5) is 11.4 Å². The summed E-state index contributed by atoms with van der Waals surface area (Å²) in [5, 5.41) is 3.37. The largest absolute Gasteiger partial charge is 0.350 e. The zero-order valence-electron chi connectivity index (χ0n) is 14.6. The normalized spacial score (nSPS) is 14.3. The molecule has 0 aromatic heterocycles. The molecular formula is C20H17Cl3N2O2. The minimum absolute atomic E-state index is 0.0362. The van der Waals surface area contributed by atoms with Crippen LogP contribution < -0.4 is 10.2 Å². The first kappa shape index (κ1) is 19.7. The van der Waals surface area contributed by atoms with E-state index in [0.29, 0.717) is 16.4 Å². The highest BCUT2D eigenvalue weighted by Gasteiger charge is 2.39. The summed E-state index contributed by atoms with van der Waals surface area (Å²) in [6, 6.07) is 12.2. The Kier molecular flexibility index (Phi) is 6.10. The molecule has 1 N–H and O–H groups in total. The topological polar surface area (TPSA) is 49.4 Å². The van der Waals surface area contributed by atoms with Gasteiger partial charge in [-0.15, -0.1) is 0 Å². The molecule has 4 nitrogen and oxygen atoms in total. The Balaban J connectivity index is 1.81. The van der Waals surface area contributed by atoms with E-state index in [-0.39, 0.29) is 15.8 Å². The van der Waals surface area contributed by atoms with E-state index in [2.05, 4.69) is 12.2 Å². The van der Waals surface area contributed by atoms with Crippen molar-refractivity contribution in [3.63, 3.8) is 0 Å². The van der Waals surface area contributed by atoms with Crippen molar-refractivity contribution in [1.29, 1.82) is 0 Å². The van der Waals surface area contributed by atoms with Crippen LogP contribution in [0, 0.1) is 0 Å². The second-order valence-electron chi connectivity index (χ2n) is 6.16. The molecule has 2 aromatic rings. The summed E-state index contributed by atoms with van der Waals surface area (Å²) in [4.78, 5) is 26.2. The summed E-state index contributed by atoms with van der Waals surface area (Å²) >= 11 is 18.0. The maximum absolute atomic E-state index is 12.8. The summed E-state index contributed by atoms with van der Waals surface area (Å²) < 4.78 is 0. The maximum Gasteiger partial charge on any atom is 0.283 e. The number of anilines is 2. The van der Waals surface area contributed by atoms with Crippen LogP contribution in [0.25, 0.3) is 0 Å². The standard InChI is InChI=1S/C20H17Cl3N2O2/c1-2-3-4-12-5-7-13(8-6-12)24-18-17(23)19(26)25(20(18)27)14-9-10-15(21)16(22)11-14/h5-11,24H,2-4H2,1H3. The number of unbranched alkanes of at least 4 members (excludes halogenated alkanes) is 1. The molecule has 2 amide bonds. The maximum atomic E-state index is 12.8. The fraction of sp³-hybridized carbons (Fsp3) is 0.200. The van der Waals surface area contributed by atoms with Crippen LogP contribution >= 0.6 is 34.8 Å². The Hall–Kier alpha value is -2.01. The number of benzene rings is 2. The van der Waals surface area contributed by atoms with Crippen LogP contribution in [-0.4, -0.2) is 11.8 Å². The van der Waals surface area contributed by atoms with Crippen LogP contribution in [0.1, 0.15) is 25.3 Å². The van der Waals surface area contributed by atoms with E-state index in [1.54, 1.807) is 6.07 Å². The van der Waals surface area contributed by atoms with Crippen molar-refractivity contribution in [2.24, 2.45) is 0 Å². The predicted molar refractivity (Wildman–Crippen MR) is 111 cm³/mol. The second-order valence-corrected chi connectivity index (χ2v) is 7.35. The number of halogens is 3. The van der Waals surface area contributed by atoms with Gasteiger partial charge in [-0.25, -0.2) is 4.90 Å². The summed E-state index contributed by atoms with van der Waals surface area (Å²) in [5.41, 5.74) is 2.24. The number of hydrogen-bond donors (Lipinski definition) is 1. The highest BCUT2D eigenvalue weighted by Crippen LogP contribution is 2.33. The third-order valence-electron chi connectivity index (χ3n) is 4.23. The number of nitrogens with zero attached hydrogens (tertiary/aromatic N) is 1. The molecule has 0 radical (unpaired) electrons. The molecule has 0 spiro atoms. The van der Waals surface area contributed by atoms with Gasteiger partial charge in [0.1, 0.15) is 10.7 Å². The average molecular weight is 424 g/mol. The molecule has 1 aliphatic heterocycles. The number of hydrogen-bond acceptors (Lipinski definition) is 3. The van der Waals surface area contributed by atoms with Crippen LogP contribution in [0.3, 0.4) is 0 Å².